The van der Waals surface area contributed by atoms with E-state index < -0.39 is 0 Å². The van der Waals surface area contributed by atoms with E-state index in [1.54, 1.807) is 19.2 Å². The normalized spacial score (nSPS) is 16.4. The molecule has 1 unspecified atom stereocenters. The van der Waals surface area contributed by atoms with Crippen LogP contribution in [0.1, 0.15) is 53.6 Å². The number of benzene rings is 1. The summed E-state index contributed by atoms with van der Waals surface area (Å²) >= 11 is 0. The second-order valence-corrected chi connectivity index (χ2v) is 6.11. The summed E-state index contributed by atoms with van der Waals surface area (Å²) in [6, 6.07) is 13.7. The van der Waals surface area contributed by atoms with Crippen LogP contribution in [-0.4, -0.2) is 13.0 Å². The predicted octanol–water partition coefficient (Wildman–Crippen LogP) is 4.09. The summed E-state index contributed by atoms with van der Waals surface area (Å²) in [7, 11) is 1.60. The Bertz CT molecular complexity index is 629. The van der Waals surface area contributed by atoms with Gasteiger partial charge in [-0.15, -0.1) is 0 Å². The van der Waals surface area contributed by atoms with E-state index in [0.29, 0.717) is 24.0 Å². The fraction of sp³-hybridized carbons (Fsp3) is 0.421. The zero-order valence-corrected chi connectivity index (χ0v) is 13.5. The minimum atomic E-state index is -0.159. The summed E-state index contributed by atoms with van der Waals surface area (Å²) < 4.78 is 10.6. The largest absolute Gasteiger partial charge is 0.453 e. The van der Waals surface area contributed by atoms with Crippen molar-refractivity contribution in [3.05, 3.63) is 59.5 Å². The molecule has 1 atom stereocenters. The second-order valence-electron chi connectivity index (χ2n) is 6.11. The van der Waals surface area contributed by atoms with Crippen molar-refractivity contribution in [1.82, 2.24) is 5.32 Å². The van der Waals surface area contributed by atoms with E-state index in [1.165, 1.54) is 12.8 Å². The van der Waals surface area contributed by atoms with Gasteiger partial charge in [0.1, 0.15) is 12.4 Å². The maximum Gasteiger partial charge on any atom is 0.287 e. The van der Waals surface area contributed by atoms with Crippen LogP contribution in [0.25, 0.3) is 0 Å². The Morgan fingerprint density at radius 1 is 1.22 bits per heavy atom. The number of hydrogen-bond donors (Lipinski definition) is 1. The molecule has 1 aliphatic rings. The highest BCUT2D eigenvalue weighted by Crippen LogP contribution is 2.35. The Hall–Kier alpha value is -2.07. The van der Waals surface area contributed by atoms with Crippen LogP contribution in [0.4, 0.5) is 0 Å². The lowest BCUT2D eigenvalue weighted by Crippen LogP contribution is -2.32. The van der Waals surface area contributed by atoms with E-state index in [-0.39, 0.29) is 11.9 Å². The molecule has 1 aliphatic carbocycles. The molecule has 2 aromatic rings. The van der Waals surface area contributed by atoms with E-state index in [0.717, 1.165) is 18.4 Å². The quantitative estimate of drug-likeness (QED) is 0.874. The van der Waals surface area contributed by atoms with Crippen molar-refractivity contribution in [2.75, 3.05) is 7.11 Å². The molecule has 0 aliphatic heterocycles. The maximum atomic E-state index is 12.6. The molecular weight excluding hydrogens is 290 g/mol. The van der Waals surface area contributed by atoms with E-state index >= 15 is 0 Å². The fourth-order valence-corrected chi connectivity index (χ4v) is 3.36. The van der Waals surface area contributed by atoms with Crippen LogP contribution in [0.3, 0.4) is 0 Å². The molecule has 0 saturated heterocycles. The first kappa shape index (κ1) is 15.8. The number of nitrogens with one attached hydrogen (secondary N) is 1. The fourth-order valence-electron chi connectivity index (χ4n) is 3.36. The average Bonchev–Trinajstić information content (AvgIpc) is 3.25. The molecule has 1 aromatic heterocycles. The number of carbonyl (C=O) groups excluding carboxylic acids is 1. The highest BCUT2D eigenvalue weighted by Gasteiger charge is 2.28. The van der Waals surface area contributed by atoms with Crippen LogP contribution in [0.5, 0.6) is 0 Å². The van der Waals surface area contributed by atoms with Gasteiger partial charge in [-0.25, -0.2) is 0 Å². The lowest BCUT2D eigenvalue weighted by molar-refractivity contribution is 0.0885. The zero-order valence-electron chi connectivity index (χ0n) is 13.5. The van der Waals surface area contributed by atoms with Crippen molar-refractivity contribution in [2.45, 2.75) is 38.3 Å². The number of carbonyl (C=O) groups is 1. The summed E-state index contributed by atoms with van der Waals surface area (Å²) in [6.07, 6.45) is 4.80. The smallest absolute Gasteiger partial charge is 0.287 e. The third kappa shape index (κ3) is 3.82. The zero-order chi connectivity index (χ0) is 16.1. The number of ether oxygens (including phenoxy) is 1. The summed E-state index contributed by atoms with van der Waals surface area (Å²) in [6.45, 7) is 0.373. The van der Waals surface area contributed by atoms with Gasteiger partial charge in [-0.05, 0) is 36.5 Å². The topological polar surface area (TPSA) is 51.5 Å². The van der Waals surface area contributed by atoms with Gasteiger partial charge in [0.2, 0.25) is 0 Å². The third-order valence-corrected chi connectivity index (χ3v) is 4.49. The van der Waals surface area contributed by atoms with E-state index in [4.69, 9.17) is 9.15 Å². The van der Waals surface area contributed by atoms with Crippen LogP contribution >= 0.6 is 0 Å². The van der Waals surface area contributed by atoms with Crippen molar-refractivity contribution in [3.8, 4) is 0 Å². The van der Waals surface area contributed by atoms with Gasteiger partial charge in [0.15, 0.2) is 5.76 Å². The van der Waals surface area contributed by atoms with Gasteiger partial charge < -0.3 is 14.5 Å². The van der Waals surface area contributed by atoms with Gasteiger partial charge in [-0.3, -0.25) is 4.79 Å². The van der Waals surface area contributed by atoms with Gasteiger partial charge in [0, 0.05) is 7.11 Å². The number of furan rings is 1. The molecule has 1 heterocycles. The number of methoxy groups -OCH3 is 1. The van der Waals surface area contributed by atoms with Crippen LogP contribution in [-0.2, 0) is 11.3 Å². The molecule has 1 amide bonds. The first-order valence-corrected chi connectivity index (χ1v) is 8.21. The van der Waals surface area contributed by atoms with Crippen molar-refractivity contribution in [2.24, 2.45) is 5.92 Å². The SMILES string of the molecule is COCc1ccc(C(=O)NC(c2ccccc2)C2CCCC2)o1. The number of rotatable bonds is 6. The van der Waals surface area contributed by atoms with E-state index in [1.807, 2.05) is 18.2 Å². The van der Waals surface area contributed by atoms with Crippen molar-refractivity contribution in [1.29, 1.82) is 0 Å². The summed E-state index contributed by atoms with van der Waals surface area (Å²) in [4.78, 5) is 12.6. The van der Waals surface area contributed by atoms with Crippen LogP contribution < -0.4 is 5.32 Å². The van der Waals surface area contributed by atoms with Gasteiger partial charge >= 0.3 is 0 Å². The molecule has 1 aromatic carbocycles. The molecule has 23 heavy (non-hydrogen) atoms. The Morgan fingerprint density at radius 2 is 1.96 bits per heavy atom. The molecule has 4 nitrogen and oxygen atoms in total. The van der Waals surface area contributed by atoms with Crippen molar-refractivity contribution in [3.63, 3.8) is 0 Å². The lowest BCUT2D eigenvalue weighted by atomic mass is 9.91. The molecule has 0 radical (unpaired) electrons. The van der Waals surface area contributed by atoms with E-state index in [9.17, 15) is 4.79 Å². The van der Waals surface area contributed by atoms with Crippen molar-refractivity contribution < 1.29 is 13.9 Å². The Morgan fingerprint density at radius 3 is 2.65 bits per heavy atom. The summed E-state index contributed by atoms with van der Waals surface area (Å²) in [5, 5.41) is 3.17. The second kappa shape index (κ2) is 7.47. The van der Waals surface area contributed by atoms with Gasteiger partial charge in [0.25, 0.3) is 5.91 Å². The van der Waals surface area contributed by atoms with Gasteiger partial charge in [-0.2, -0.15) is 0 Å². The summed E-state index contributed by atoms with van der Waals surface area (Å²) in [5.41, 5.74) is 1.16. The van der Waals surface area contributed by atoms with Crippen molar-refractivity contribution >= 4 is 5.91 Å². The Balaban J connectivity index is 1.76. The summed E-state index contributed by atoms with van der Waals surface area (Å²) in [5.74, 6) is 1.34. The van der Waals surface area contributed by atoms with Gasteiger partial charge in [-0.1, -0.05) is 43.2 Å². The van der Waals surface area contributed by atoms with E-state index in [2.05, 4.69) is 17.4 Å². The molecule has 1 fully saturated rings. The minimum absolute atomic E-state index is 0.0437. The first-order chi connectivity index (χ1) is 11.3. The minimum Gasteiger partial charge on any atom is -0.453 e. The van der Waals surface area contributed by atoms with Crippen LogP contribution in [0.15, 0.2) is 46.9 Å². The molecular formula is C19H23NO3. The predicted molar refractivity (Wildman–Crippen MR) is 88.0 cm³/mol. The molecule has 3 rings (SSSR count). The molecule has 4 heteroatoms. The highest BCUT2D eigenvalue weighted by atomic mass is 16.5. The average molecular weight is 313 g/mol. The molecule has 0 bridgehead atoms. The first-order valence-electron chi connectivity index (χ1n) is 8.21. The monoisotopic (exact) mass is 313 g/mol. The lowest BCUT2D eigenvalue weighted by Gasteiger charge is -2.24. The molecule has 1 N–H and O–H groups in total. The Labute approximate surface area is 136 Å². The Kier molecular flexibility index (Phi) is 5.13. The highest BCUT2D eigenvalue weighted by molar-refractivity contribution is 5.91. The van der Waals surface area contributed by atoms with Gasteiger partial charge in [0.05, 0.1) is 6.04 Å². The maximum absolute atomic E-state index is 12.6. The van der Waals surface area contributed by atoms with Crippen LogP contribution in [0.2, 0.25) is 0 Å². The third-order valence-electron chi connectivity index (χ3n) is 4.49. The molecule has 1 saturated carbocycles. The van der Waals surface area contributed by atoms with Crippen LogP contribution in [0, 0.1) is 5.92 Å². The molecule has 122 valence electrons. The number of amides is 1. The number of hydrogen-bond acceptors (Lipinski definition) is 3. The standard InChI is InChI=1S/C19H23NO3/c1-22-13-16-11-12-17(23-16)19(21)20-18(15-9-5-6-10-15)14-7-3-2-4-8-14/h2-4,7-8,11-12,15,18H,5-6,9-10,13H2,1H3,(H,20,21). The molecule has 0 spiro atoms.